The van der Waals surface area contributed by atoms with Crippen LogP contribution < -0.4 is 9.47 Å². The minimum Gasteiger partial charge on any atom is -0.423 e. The Kier molecular flexibility index (Phi) is 2.78. The average Bonchev–Trinajstić information content (AvgIpc) is 2.63. The lowest BCUT2D eigenvalue weighted by Gasteiger charge is -2.08. The third-order valence-electron chi connectivity index (χ3n) is 2.01. The van der Waals surface area contributed by atoms with Gasteiger partial charge >= 0.3 is 11.9 Å². The van der Waals surface area contributed by atoms with Crippen LogP contribution in [-0.2, 0) is 9.59 Å². The highest BCUT2D eigenvalue weighted by atomic mass is 16.6. The fourth-order valence-electron chi connectivity index (χ4n) is 1.42. The molecule has 17 heavy (non-hydrogen) atoms. The Hall–Kier alpha value is -2.37. The first-order valence-electron chi connectivity index (χ1n) is 4.90. The maximum absolute atomic E-state index is 10.9. The van der Waals surface area contributed by atoms with Gasteiger partial charge in [0.25, 0.3) is 0 Å². The smallest absolute Gasteiger partial charge is 0.308 e. The van der Waals surface area contributed by atoms with E-state index in [1.165, 1.54) is 13.8 Å². The zero-order chi connectivity index (χ0) is 12.4. The Bertz CT molecular complexity index is 538. The molecular weight excluding hydrogens is 224 g/mol. The molecule has 0 saturated carbocycles. The fourth-order valence-corrected chi connectivity index (χ4v) is 1.42. The zero-order valence-corrected chi connectivity index (χ0v) is 9.31. The second-order valence-corrected chi connectivity index (χ2v) is 3.44. The van der Waals surface area contributed by atoms with Crippen LogP contribution in [0.2, 0.25) is 0 Å². The molecule has 0 aliphatic rings. The van der Waals surface area contributed by atoms with Crippen LogP contribution in [0.1, 0.15) is 13.8 Å². The molecule has 2 aromatic rings. The zero-order valence-electron chi connectivity index (χ0n) is 9.31. The molecular formula is C11H10N2O4. The number of carbonyl (C=O) groups excluding carboxylic acids is 2. The third kappa shape index (κ3) is 2.41. The fraction of sp³-hybridized carbons (Fsp3) is 0.182. The first-order valence-corrected chi connectivity index (χ1v) is 4.90. The normalized spacial score (nSPS) is 10.2. The van der Waals surface area contributed by atoms with E-state index < -0.39 is 11.9 Å². The van der Waals surface area contributed by atoms with Crippen molar-refractivity contribution in [3.05, 3.63) is 18.3 Å². The number of aromatic amines is 1. The lowest BCUT2D eigenvalue weighted by atomic mass is 10.2. The molecule has 1 N–H and O–H groups in total. The van der Waals surface area contributed by atoms with Gasteiger partial charge in [0.2, 0.25) is 0 Å². The van der Waals surface area contributed by atoms with E-state index in [0.29, 0.717) is 5.52 Å². The number of carbonyl (C=O) groups is 2. The van der Waals surface area contributed by atoms with E-state index in [1.807, 2.05) is 0 Å². The van der Waals surface area contributed by atoms with Gasteiger partial charge < -0.3 is 9.47 Å². The third-order valence-corrected chi connectivity index (χ3v) is 2.01. The van der Waals surface area contributed by atoms with Crippen LogP contribution in [-0.4, -0.2) is 22.1 Å². The Morgan fingerprint density at radius 1 is 1.12 bits per heavy atom. The van der Waals surface area contributed by atoms with E-state index >= 15 is 0 Å². The van der Waals surface area contributed by atoms with E-state index in [2.05, 4.69) is 10.2 Å². The predicted molar refractivity (Wildman–Crippen MR) is 58.7 cm³/mol. The summed E-state index contributed by atoms with van der Waals surface area (Å²) in [7, 11) is 0. The standard InChI is InChI=1S/C11H10N2O4/c1-6(14)16-10-3-8-5-12-13-9(8)4-11(10)17-7(2)15/h3-5H,1-2H3,(H,12,13). The molecule has 0 atom stereocenters. The maximum atomic E-state index is 10.9. The number of hydrogen-bond acceptors (Lipinski definition) is 5. The van der Waals surface area contributed by atoms with E-state index in [1.54, 1.807) is 18.3 Å². The van der Waals surface area contributed by atoms with Crippen molar-refractivity contribution >= 4 is 22.8 Å². The molecule has 0 spiro atoms. The molecule has 6 nitrogen and oxygen atoms in total. The summed E-state index contributed by atoms with van der Waals surface area (Å²) < 4.78 is 9.93. The van der Waals surface area contributed by atoms with Gasteiger partial charge in [-0.3, -0.25) is 14.7 Å². The second-order valence-electron chi connectivity index (χ2n) is 3.44. The average molecular weight is 234 g/mol. The molecule has 2 rings (SSSR count). The number of ether oxygens (including phenoxy) is 2. The van der Waals surface area contributed by atoms with Gasteiger partial charge in [-0.05, 0) is 6.07 Å². The SMILES string of the molecule is CC(=O)Oc1cc2cn[nH]c2cc1OC(C)=O. The van der Waals surface area contributed by atoms with Crippen molar-refractivity contribution in [1.29, 1.82) is 0 Å². The molecule has 0 saturated heterocycles. The molecule has 1 heterocycles. The number of aromatic nitrogens is 2. The summed E-state index contributed by atoms with van der Waals surface area (Å²) in [5, 5.41) is 7.33. The molecule has 0 aliphatic carbocycles. The Morgan fingerprint density at radius 2 is 1.71 bits per heavy atom. The number of rotatable bonds is 2. The van der Waals surface area contributed by atoms with E-state index in [4.69, 9.17) is 9.47 Å². The highest BCUT2D eigenvalue weighted by Gasteiger charge is 2.12. The van der Waals surface area contributed by atoms with Crippen LogP contribution in [0.4, 0.5) is 0 Å². The summed E-state index contributed by atoms with van der Waals surface area (Å²) in [5.74, 6) is -0.593. The highest BCUT2D eigenvalue weighted by molar-refractivity contribution is 5.85. The minimum atomic E-state index is -0.489. The number of nitrogens with zero attached hydrogens (tertiary/aromatic N) is 1. The first kappa shape index (κ1) is 11.1. The van der Waals surface area contributed by atoms with Gasteiger partial charge in [0.1, 0.15) is 0 Å². The molecule has 0 aliphatic heterocycles. The Labute approximate surface area is 96.5 Å². The van der Waals surface area contributed by atoms with E-state index in [-0.39, 0.29) is 11.5 Å². The molecule has 1 aromatic carbocycles. The van der Waals surface area contributed by atoms with Gasteiger partial charge in [-0.25, -0.2) is 0 Å². The van der Waals surface area contributed by atoms with Crippen molar-refractivity contribution in [3.63, 3.8) is 0 Å². The molecule has 0 radical (unpaired) electrons. The van der Waals surface area contributed by atoms with Gasteiger partial charge in [-0.1, -0.05) is 0 Å². The van der Waals surface area contributed by atoms with E-state index in [9.17, 15) is 9.59 Å². The summed E-state index contributed by atoms with van der Waals surface area (Å²) in [5.41, 5.74) is 0.692. The van der Waals surface area contributed by atoms with Crippen molar-refractivity contribution in [2.24, 2.45) is 0 Å². The van der Waals surface area contributed by atoms with Gasteiger partial charge in [-0.15, -0.1) is 0 Å². The Morgan fingerprint density at radius 3 is 2.29 bits per heavy atom. The number of benzene rings is 1. The number of nitrogens with one attached hydrogen (secondary N) is 1. The van der Waals surface area contributed by atoms with Gasteiger partial charge in [0, 0.05) is 25.3 Å². The number of fused-ring (bicyclic) bond motifs is 1. The molecule has 6 heteroatoms. The Balaban J connectivity index is 2.50. The van der Waals surface area contributed by atoms with Crippen molar-refractivity contribution in [1.82, 2.24) is 10.2 Å². The van der Waals surface area contributed by atoms with Crippen LogP contribution in [0.25, 0.3) is 10.9 Å². The molecule has 0 amide bonds. The molecule has 1 aromatic heterocycles. The maximum Gasteiger partial charge on any atom is 0.308 e. The lowest BCUT2D eigenvalue weighted by Crippen LogP contribution is -2.07. The summed E-state index contributed by atoms with van der Waals surface area (Å²) >= 11 is 0. The van der Waals surface area contributed by atoms with Crippen molar-refractivity contribution in [2.75, 3.05) is 0 Å². The topological polar surface area (TPSA) is 81.3 Å². The predicted octanol–water partition coefficient (Wildman–Crippen LogP) is 1.41. The van der Waals surface area contributed by atoms with Gasteiger partial charge in [0.15, 0.2) is 11.5 Å². The monoisotopic (exact) mass is 234 g/mol. The molecule has 0 fully saturated rings. The van der Waals surface area contributed by atoms with Crippen LogP contribution >= 0.6 is 0 Å². The molecule has 0 bridgehead atoms. The van der Waals surface area contributed by atoms with Crippen molar-refractivity contribution in [3.8, 4) is 11.5 Å². The minimum absolute atomic E-state index is 0.185. The van der Waals surface area contributed by atoms with Gasteiger partial charge in [-0.2, -0.15) is 5.10 Å². The summed E-state index contributed by atoms with van der Waals surface area (Å²) in [6.45, 7) is 2.55. The van der Waals surface area contributed by atoms with Gasteiger partial charge in [0.05, 0.1) is 11.7 Å². The highest BCUT2D eigenvalue weighted by Crippen LogP contribution is 2.31. The second kappa shape index (κ2) is 4.25. The van der Waals surface area contributed by atoms with Crippen LogP contribution in [0.15, 0.2) is 18.3 Å². The van der Waals surface area contributed by atoms with Crippen LogP contribution in [0, 0.1) is 0 Å². The summed E-state index contributed by atoms with van der Waals surface area (Å²) in [6, 6.07) is 3.14. The van der Waals surface area contributed by atoms with Crippen molar-refractivity contribution < 1.29 is 19.1 Å². The molecule has 0 unspecified atom stereocenters. The quantitative estimate of drug-likeness (QED) is 0.627. The van der Waals surface area contributed by atoms with Crippen LogP contribution in [0.5, 0.6) is 11.5 Å². The summed E-state index contributed by atoms with van der Waals surface area (Å²) in [6.07, 6.45) is 1.58. The largest absolute Gasteiger partial charge is 0.423 e. The number of H-pyrrole nitrogens is 1. The van der Waals surface area contributed by atoms with Crippen LogP contribution in [0.3, 0.4) is 0 Å². The first-order chi connectivity index (χ1) is 8.06. The van der Waals surface area contributed by atoms with Crippen molar-refractivity contribution in [2.45, 2.75) is 13.8 Å². The summed E-state index contributed by atoms with van der Waals surface area (Å²) in [4.78, 5) is 21.9. The number of esters is 2. The molecule has 88 valence electrons. The van der Waals surface area contributed by atoms with E-state index in [0.717, 1.165) is 5.39 Å². The number of hydrogen-bond donors (Lipinski definition) is 1. The lowest BCUT2D eigenvalue weighted by molar-refractivity contribution is -0.134.